The first-order valence-corrected chi connectivity index (χ1v) is 20.5. The van der Waals surface area contributed by atoms with Gasteiger partial charge in [0.25, 0.3) is 0 Å². The minimum Gasteiger partial charge on any atom is -0.309 e. The van der Waals surface area contributed by atoms with E-state index in [1.165, 1.54) is 44.3 Å². The van der Waals surface area contributed by atoms with Crippen molar-refractivity contribution in [2.45, 2.75) is 5.41 Å². The molecule has 0 N–H and O–H groups in total. The van der Waals surface area contributed by atoms with E-state index in [4.69, 9.17) is 4.98 Å². The standard InChI is InChI=1S/C52H34NOP/c54-55(38-15-3-1-4-16-38,39-17-5-2-6-18-39)40-33-31-36(32-34-40)35-27-29-37(30-28-35)50-44-22-8-7-21-43(44)49-51(53-50)45-23-11-14-26-48(45)52(49)46-24-12-9-19-41(46)42-20-10-13-25-47(42)52/h1-34H. The molecule has 0 bridgehead atoms. The number of aromatic nitrogens is 1. The molecule has 0 radical (unpaired) electrons. The smallest absolute Gasteiger partial charge is 0.171 e. The van der Waals surface area contributed by atoms with Crippen LogP contribution in [0.2, 0.25) is 0 Å². The van der Waals surface area contributed by atoms with Crippen LogP contribution in [0, 0.1) is 0 Å². The third-order valence-corrected chi connectivity index (χ3v) is 14.9. The molecule has 258 valence electrons. The second kappa shape index (κ2) is 12.2. The highest BCUT2D eigenvalue weighted by Crippen LogP contribution is 2.64. The number of fused-ring (bicyclic) bond motifs is 12. The number of pyridine rings is 1. The molecule has 2 aliphatic carbocycles. The number of nitrogens with zero attached hydrogens (tertiary/aromatic N) is 1. The third-order valence-electron chi connectivity index (χ3n) is 11.8. The molecule has 0 fully saturated rings. The fraction of sp³-hybridized carbons (Fsp3) is 0.0192. The maximum atomic E-state index is 14.9. The molecule has 0 saturated heterocycles. The van der Waals surface area contributed by atoms with E-state index in [0.717, 1.165) is 49.4 Å². The van der Waals surface area contributed by atoms with Crippen molar-refractivity contribution >= 4 is 33.8 Å². The molecule has 1 aromatic heterocycles. The summed E-state index contributed by atoms with van der Waals surface area (Å²) in [6.07, 6.45) is 0. The van der Waals surface area contributed by atoms with Crippen molar-refractivity contribution in [3.63, 3.8) is 0 Å². The van der Waals surface area contributed by atoms with Crippen molar-refractivity contribution in [3.8, 4) is 44.8 Å². The molecule has 0 atom stereocenters. The Morgan fingerprint density at radius 2 is 0.745 bits per heavy atom. The molecule has 8 aromatic carbocycles. The van der Waals surface area contributed by atoms with Gasteiger partial charge in [-0.1, -0.05) is 206 Å². The summed E-state index contributed by atoms with van der Waals surface area (Å²) < 4.78 is 14.9. The first-order chi connectivity index (χ1) is 27.2. The number of rotatable bonds is 5. The van der Waals surface area contributed by atoms with Crippen LogP contribution in [0.25, 0.3) is 55.5 Å². The molecule has 11 rings (SSSR count). The maximum Gasteiger partial charge on any atom is 0.171 e. The second-order valence-electron chi connectivity index (χ2n) is 14.5. The largest absolute Gasteiger partial charge is 0.309 e. The van der Waals surface area contributed by atoms with Crippen LogP contribution >= 0.6 is 7.14 Å². The zero-order valence-electron chi connectivity index (χ0n) is 29.9. The minimum absolute atomic E-state index is 0.453. The van der Waals surface area contributed by atoms with Gasteiger partial charge in [0.15, 0.2) is 7.14 Å². The Kier molecular flexibility index (Phi) is 7.08. The van der Waals surface area contributed by atoms with Gasteiger partial charge in [-0.3, -0.25) is 0 Å². The van der Waals surface area contributed by atoms with Crippen LogP contribution in [0.4, 0.5) is 0 Å². The average Bonchev–Trinajstić information content (AvgIpc) is 3.74. The summed E-state index contributed by atoms with van der Waals surface area (Å²) >= 11 is 0. The molecule has 9 aromatic rings. The fourth-order valence-electron chi connectivity index (χ4n) is 9.41. The summed E-state index contributed by atoms with van der Waals surface area (Å²) in [7, 11) is -3.04. The molecule has 2 aliphatic rings. The molecule has 0 aliphatic heterocycles. The van der Waals surface area contributed by atoms with Crippen LogP contribution in [0.15, 0.2) is 206 Å². The minimum atomic E-state index is -3.04. The van der Waals surface area contributed by atoms with Crippen LogP contribution in [-0.4, -0.2) is 4.98 Å². The normalized spacial score (nSPS) is 13.3. The summed E-state index contributed by atoms with van der Waals surface area (Å²) in [4.78, 5) is 5.63. The van der Waals surface area contributed by atoms with Crippen molar-refractivity contribution in [1.82, 2.24) is 4.98 Å². The summed E-state index contributed by atoms with van der Waals surface area (Å²) in [6, 6.07) is 72.2. The number of hydrogen-bond donors (Lipinski definition) is 0. The van der Waals surface area contributed by atoms with E-state index in [-0.39, 0.29) is 0 Å². The van der Waals surface area contributed by atoms with Gasteiger partial charge < -0.3 is 4.57 Å². The lowest BCUT2D eigenvalue weighted by molar-refractivity contribution is 0.592. The first kappa shape index (κ1) is 31.9. The maximum absolute atomic E-state index is 14.9. The van der Waals surface area contributed by atoms with E-state index >= 15 is 0 Å². The van der Waals surface area contributed by atoms with Gasteiger partial charge in [-0.05, 0) is 44.3 Å². The van der Waals surface area contributed by atoms with Crippen molar-refractivity contribution in [2.24, 2.45) is 0 Å². The zero-order valence-corrected chi connectivity index (χ0v) is 30.8. The Hall–Kier alpha value is -6.60. The summed E-state index contributed by atoms with van der Waals surface area (Å²) in [5.41, 5.74) is 13.8. The van der Waals surface area contributed by atoms with Gasteiger partial charge in [0.2, 0.25) is 0 Å². The highest BCUT2D eigenvalue weighted by molar-refractivity contribution is 7.85. The number of benzene rings is 8. The fourth-order valence-corrected chi connectivity index (χ4v) is 12.1. The SMILES string of the molecule is O=P(c1ccccc1)(c1ccccc1)c1ccc(-c2ccc(-c3nc4c(c5ccccc35)C3(c5ccccc5-c5ccccc53)c3ccccc3-4)cc2)cc1. The van der Waals surface area contributed by atoms with Gasteiger partial charge in [0.05, 0.1) is 16.8 Å². The predicted octanol–water partition coefficient (Wildman–Crippen LogP) is 11.6. The van der Waals surface area contributed by atoms with E-state index in [1.807, 2.05) is 72.8 Å². The molecule has 1 heterocycles. The lowest BCUT2D eigenvalue weighted by atomic mass is 9.69. The van der Waals surface area contributed by atoms with Gasteiger partial charge in [-0.25, -0.2) is 4.98 Å². The monoisotopic (exact) mass is 719 g/mol. The van der Waals surface area contributed by atoms with Crippen LogP contribution in [0.1, 0.15) is 22.3 Å². The van der Waals surface area contributed by atoms with Crippen molar-refractivity contribution < 1.29 is 4.57 Å². The molecule has 3 heteroatoms. The Morgan fingerprint density at radius 1 is 0.345 bits per heavy atom. The van der Waals surface area contributed by atoms with Crippen LogP contribution in [0.5, 0.6) is 0 Å². The van der Waals surface area contributed by atoms with E-state index in [0.29, 0.717) is 0 Å². The molecule has 1 spiro atoms. The highest BCUT2D eigenvalue weighted by Gasteiger charge is 2.53. The van der Waals surface area contributed by atoms with Gasteiger partial charge in [0.1, 0.15) is 0 Å². The summed E-state index contributed by atoms with van der Waals surface area (Å²) in [5.74, 6) is 0. The zero-order chi connectivity index (χ0) is 36.6. The van der Waals surface area contributed by atoms with E-state index in [2.05, 4.69) is 133 Å². The second-order valence-corrected chi connectivity index (χ2v) is 17.3. The molecular weight excluding hydrogens is 686 g/mol. The molecule has 55 heavy (non-hydrogen) atoms. The van der Waals surface area contributed by atoms with Crippen LogP contribution < -0.4 is 15.9 Å². The van der Waals surface area contributed by atoms with Gasteiger partial charge in [-0.2, -0.15) is 0 Å². The first-order valence-electron chi connectivity index (χ1n) is 18.8. The average molecular weight is 720 g/mol. The Labute approximate surface area is 320 Å². The Morgan fingerprint density at radius 3 is 1.31 bits per heavy atom. The Balaban J connectivity index is 1.03. The molecule has 2 nitrogen and oxygen atoms in total. The van der Waals surface area contributed by atoms with Crippen molar-refractivity contribution in [1.29, 1.82) is 0 Å². The predicted molar refractivity (Wildman–Crippen MR) is 228 cm³/mol. The van der Waals surface area contributed by atoms with Crippen molar-refractivity contribution in [3.05, 3.63) is 229 Å². The van der Waals surface area contributed by atoms with Gasteiger partial charge >= 0.3 is 0 Å². The number of hydrogen-bond acceptors (Lipinski definition) is 2. The van der Waals surface area contributed by atoms with E-state index in [9.17, 15) is 4.57 Å². The molecule has 0 unspecified atom stereocenters. The highest BCUT2D eigenvalue weighted by atomic mass is 31.2. The summed E-state index contributed by atoms with van der Waals surface area (Å²) in [5, 5.41) is 4.87. The summed E-state index contributed by atoms with van der Waals surface area (Å²) in [6.45, 7) is 0. The molecule has 0 saturated carbocycles. The Bertz CT molecular complexity index is 2900. The van der Waals surface area contributed by atoms with E-state index < -0.39 is 12.6 Å². The van der Waals surface area contributed by atoms with Crippen LogP contribution in [-0.2, 0) is 9.98 Å². The lowest BCUT2D eigenvalue weighted by Gasteiger charge is -2.31. The lowest BCUT2D eigenvalue weighted by Crippen LogP contribution is -2.26. The third kappa shape index (κ3) is 4.50. The molecular formula is C52H34NOP. The van der Waals surface area contributed by atoms with Gasteiger partial charge in [-0.15, -0.1) is 0 Å². The van der Waals surface area contributed by atoms with Crippen LogP contribution in [0.3, 0.4) is 0 Å². The van der Waals surface area contributed by atoms with E-state index in [1.54, 1.807) is 0 Å². The topological polar surface area (TPSA) is 30.0 Å². The van der Waals surface area contributed by atoms with Crippen molar-refractivity contribution in [2.75, 3.05) is 0 Å². The molecule has 0 amide bonds. The quantitative estimate of drug-likeness (QED) is 0.166. The van der Waals surface area contributed by atoms with Gasteiger partial charge in [0, 0.05) is 38.0 Å².